The van der Waals surface area contributed by atoms with Gasteiger partial charge in [-0.25, -0.2) is 4.99 Å². The Balaban J connectivity index is 2.34. The number of hydrogen-bond acceptors (Lipinski definition) is 4. The first-order valence-electron chi connectivity index (χ1n) is 8.20. The summed E-state index contributed by atoms with van der Waals surface area (Å²) in [4.78, 5) is 6.41. The Kier molecular flexibility index (Phi) is 6.88. The van der Waals surface area contributed by atoms with E-state index in [1.54, 1.807) is 0 Å². The van der Waals surface area contributed by atoms with E-state index in [-0.39, 0.29) is 6.61 Å². The minimum atomic E-state index is -0.496. The lowest BCUT2D eigenvalue weighted by atomic mass is 10.1. The van der Waals surface area contributed by atoms with Crippen molar-refractivity contribution in [3.8, 4) is 0 Å². The molecule has 4 nitrogen and oxygen atoms in total. The third kappa shape index (κ3) is 4.62. The molecule has 1 aliphatic heterocycles. The lowest BCUT2D eigenvalue weighted by Crippen LogP contribution is -2.39. The number of aliphatic imine (C=N–C) groups is 1. The molecule has 0 radical (unpaired) electrons. The Morgan fingerprint density at radius 2 is 2.04 bits per heavy atom. The van der Waals surface area contributed by atoms with Crippen LogP contribution in [0.15, 0.2) is 59.2 Å². The maximum absolute atomic E-state index is 9.57. The zero-order valence-corrected chi connectivity index (χ0v) is 15.2. The van der Waals surface area contributed by atoms with Crippen molar-refractivity contribution in [3.63, 3.8) is 0 Å². The highest BCUT2D eigenvalue weighted by atomic mass is 35.5. The van der Waals surface area contributed by atoms with Gasteiger partial charge >= 0.3 is 0 Å². The van der Waals surface area contributed by atoms with Crippen molar-refractivity contribution >= 4 is 17.3 Å². The second kappa shape index (κ2) is 8.90. The van der Waals surface area contributed by atoms with Gasteiger partial charge in [-0.15, -0.1) is 0 Å². The summed E-state index contributed by atoms with van der Waals surface area (Å²) in [7, 11) is 0. The highest BCUT2D eigenvalue weighted by molar-refractivity contribution is 6.32. The molecule has 0 saturated heterocycles. The fraction of sp³-hybridized carbons (Fsp3) is 0.421. The second-order valence-electron chi connectivity index (χ2n) is 6.11. The zero-order chi connectivity index (χ0) is 17.5. The van der Waals surface area contributed by atoms with E-state index in [0.29, 0.717) is 24.1 Å². The standard InChI is InChI=1S/C19H25ClN2O2/c1-4-10-22-17(11-14(2)3)19(21-16(12-23)18(22)20)24-13-15-8-6-5-7-9-15/h4-10,14,18,23H,11-13H2,1-3H3. The number of alkyl halides is 1. The van der Waals surface area contributed by atoms with E-state index >= 15 is 0 Å². The lowest BCUT2D eigenvalue weighted by molar-refractivity contribution is 0.176. The molecule has 130 valence electrons. The minimum Gasteiger partial charge on any atom is -0.472 e. The van der Waals surface area contributed by atoms with Gasteiger partial charge in [-0.05, 0) is 24.8 Å². The SMILES string of the molecule is CC=CN1C(CC(C)C)=C(OCc2ccccc2)N=C(CO)C1Cl. The molecule has 0 spiro atoms. The highest BCUT2D eigenvalue weighted by Crippen LogP contribution is 2.30. The van der Waals surface area contributed by atoms with Crippen molar-refractivity contribution in [2.75, 3.05) is 6.61 Å². The third-order valence-electron chi connectivity index (χ3n) is 3.61. The van der Waals surface area contributed by atoms with Crippen LogP contribution in [0.5, 0.6) is 0 Å². The molecule has 24 heavy (non-hydrogen) atoms. The molecular weight excluding hydrogens is 324 g/mol. The van der Waals surface area contributed by atoms with E-state index < -0.39 is 5.50 Å². The van der Waals surface area contributed by atoms with Crippen molar-refractivity contribution in [3.05, 3.63) is 59.8 Å². The maximum Gasteiger partial charge on any atom is 0.234 e. The number of aliphatic hydroxyl groups excluding tert-OH is 1. The molecule has 1 N–H and O–H groups in total. The summed E-state index contributed by atoms with van der Waals surface area (Å²) < 4.78 is 5.99. The molecule has 0 saturated carbocycles. The summed E-state index contributed by atoms with van der Waals surface area (Å²) >= 11 is 6.48. The quantitative estimate of drug-likeness (QED) is 0.591. The average molecular weight is 349 g/mol. The van der Waals surface area contributed by atoms with Gasteiger partial charge < -0.3 is 14.7 Å². The first kappa shape index (κ1) is 18.6. The highest BCUT2D eigenvalue weighted by Gasteiger charge is 2.30. The van der Waals surface area contributed by atoms with Crippen LogP contribution in [0.3, 0.4) is 0 Å². The van der Waals surface area contributed by atoms with E-state index in [1.807, 2.05) is 54.4 Å². The van der Waals surface area contributed by atoms with E-state index in [4.69, 9.17) is 16.3 Å². The van der Waals surface area contributed by atoms with Gasteiger partial charge in [0.2, 0.25) is 5.88 Å². The molecule has 1 aromatic rings. The predicted octanol–water partition coefficient (Wildman–Crippen LogP) is 4.27. The number of benzene rings is 1. The Morgan fingerprint density at radius 1 is 1.33 bits per heavy atom. The zero-order valence-electron chi connectivity index (χ0n) is 14.4. The second-order valence-corrected chi connectivity index (χ2v) is 6.52. The summed E-state index contributed by atoms with van der Waals surface area (Å²) in [6.07, 6.45) is 4.62. The molecular formula is C19H25ClN2O2. The van der Waals surface area contributed by atoms with Crippen molar-refractivity contribution in [2.45, 2.75) is 39.3 Å². The largest absolute Gasteiger partial charge is 0.472 e. The molecule has 2 rings (SSSR count). The Hall–Kier alpha value is -1.78. The number of ether oxygens (including phenoxy) is 1. The molecule has 0 aromatic heterocycles. The first-order valence-corrected chi connectivity index (χ1v) is 8.63. The average Bonchev–Trinajstić information content (AvgIpc) is 2.58. The van der Waals surface area contributed by atoms with E-state index in [9.17, 15) is 5.11 Å². The number of hydrogen-bond donors (Lipinski definition) is 1. The molecule has 0 aliphatic carbocycles. The van der Waals surface area contributed by atoms with Crippen LogP contribution in [0.25, 0.3) is 0 Å². The van der Waals surface area contributed by atoms with Crippen LogP contribution >= 0.6 is 11.6 Å². The molecule has 0 fully saturated rings. The molecule has 1 aromatic carbocycles. The van der Waals surface area contributed by atoms with Crippen LogP contribution in [-0.2, 0) is 11.3 Å². The topological polar surface area (TPSA) is 45.1 Å². The normalized spacial score (nSPS) is 18.5. The van der Waals surface area contributed by atoms with Gasteiger partial charge in [0.15, 0.2) is 0 Å². The smallest absolute Gasteiger partial charge is 0.234 e. The Morgan fingerprint density at radius 3 is 2.62 bits per heavy atom. The number of nitrogens with zero attached hydrogens (tertiary/aromatic N) is 2. The molecule has 1 heterocycles. The molecule has 1 atom stereocenters. The van der Waals surface area contributed by atoms with Gasteiger partial charge in [0, 0.05) is 6.20 Å². The van der Waals surface area contributed by atoms with Crippen LogP contribution < -0.4 is 0 Å². The number of aliphatic hydroxyl groups is 1. The molecule has 0 bridgehead atoms. The van der Waals surface area contributed by atoms with Gasteiger partial charge in [-0.1, -0.05) is 61.9 Å². The van der Waals surface area contributed by atoms with Gasteiger partial charge in [-0.2, -0.15) is 0 Å². The van der Waals surface area contributed by atoms with Crippen LogP contribution in [0.2, 0.25) is 0 Å². The van der Waals surface area contributed by atoms with Crippen LogP contribution in [-0.4, -0.2) is 27.8 Å². The fourth-order valence-corrected chi connectivity index (χ4v) is 2.81. The monoisotopic (exact) mass is 348 g/mol. The summed E-state index contributed by atoms with van der Waals surface area (Å²) in [5, 5.41) is 9.57. The van der Waals surface area contributed by atoms with Crippen molar-refractivity contribution < 1.29 is 9.84 Å². The van der Waals surface area contributed by atoms with E-state index in [2.05, 4.69) is 18.8 Å². The van der Waals surface area contributed by atoms with E-state index in [1.165, 1.54) is 0 Å². The van der Waals surface area contributed by atoms with Crippen molar-refractivity contribution in [1.29, 1.82) is 0 Å². The summed E-state index contributed by atoms with van der Waals surface area (Å²) in [5.41, 5.74) is 2.01. The predicted molar refractivity (Wildman–Crippen MR) is 98.5 cm³/mol. The molecule has 1 aliphatic rings. The van der Waals surface area contributed by atoms with Gasteiger partial charge in [0.05, 0.1) is 18.0 Å². The molecule has 5 heteroatoms. The fourth-order valence-electron chi connectivity index (χ4n) is 2.51. The van der Waals surface area contributed by atoms with Crippen LogP contribution in [0, 0.1) is 5.92 Å². The Bertz CT molecular complexity index is 624. The number of halogens is 1. The van der Waals surface area contributed by atoms with E-state index in [0.717, 1.165) is 17.7 Å². The summed E-state index contributed by atoms with van der Waals surface area (Å²) in [5.74, 6) is 0.962. The summed E-state index contributed by atoms with van der Waals surface area (Å²) in [6.45, 7) is 6.45. The van der Waals surface area contributed by atoms with Gasteiger partial charge in [0.25, 0.3) is 0 Å². The number of rotatable bonds is 7. The summed E-state index contributed by atoms with van der Waals surface area (Å²) in [6, 6.07) is 9.95. The lowest BCUT2D eigenvalue weighted by Gasteiger charge is -2.34. The van der Waals surface area contributed by atoms with Crippen LogP contribution in [0.1, 0.15) is 32.8 Å². The van der Waals surface area contributed by atoms with Crippen molar-refractivity contribution in [1.82, 2.24) is 4.90 Å². The minimum absolute atomic E-state index is 0.199. The van der Waals surface area contributed by atoms with Gasteiger partial charge in [-0.3, -0.25) is 0 Å². The van der Waals surface area contributed by atoms with Crippen LogP contribution in [0.4, 0.5) is 0 Å². The number of allylic oxidation sites excluding steroid dienone is 2. The third-order valence-corrected chi connectivity index (χ3v) is 4.08. The molecule has 0 amide bonds. The van der Waals surface area contributed by atoms with Gasteiger partial charge in [0.1, 0.15) is 12.1 Å². The Labute approximate surface area is 149 Å². The van der Waals surface area contributed by atoms with Crippen molar-refractivity contribution in [2.24, 2.45) is 10.9 Å². The maximum atomic E-state index is 9.57. The first-order chi connectivity index (χ1) is 11.6. The molecule has 1 unspecified atom stereocenters.